The van der Waals surface area contributed by atoms with Gasteiger partial charge in [0.2, 0.25) is 0 Å². The van der Waals surface area contributed by atoms with Crippen molar-refractivity contribution in [1.82, 2.24) is 0 Å². The molecule has 0 amide bonds. The second-order valence-corrected chi connectivity index (χ2v) is 7.81. The molecular formula is C20H20Cl2O. The number of para-hydroxylation sites is 1. The minimum atomic E-state index is -0.00190. The van der Waals surface area contributed by atoms with E-state index in [1.165, 1.54) is 5.56 Å². The van der Waals surface area contributed by atoms with Crippen LogP contribution in [0.5, 0.6) is 11.5 Å². The Balaban J connectivity index is 1.90. The monoisotopic (exact) mass is 346 g/mol. The van der Waals surface area contributed by atoms with Crippen LogP contribution in [0.25, 0.3) is 0 Å². The summed E-state index contributed by atoms with van der Waals surface area (Å²) in [4.78, 5) is 0. The summed E-state index contributed by atoms with van der Waals surface area (Å²) in [6.07, 6.45) is 1.95. The normalized spacial score (nSPS) is 24.8. The number of allylic oxidation sites excluding steroid dienone is 1. The lowest BCUT2D eigenvalue weighted by atomic mass is 9.89. The van der Waals surface area contributed by atoms with E-state index in [4.69, 9.17) is 27.9 Å². The molecule has 0 bridgehead atoms. The molecule has 0 aromatic heterocycles. The molecule has 2 unspecified atom stereocenters. The zero-order chi connectivity index (χ0) is 16.7. The maximum Gasteiger partial charge on any atom is 0.127 e. The first-order chi connectivity index (χ1) is 10.9. The summed E-state index contributed by atoms with van der Waals surface area (Å²) < 4.78 is 6.30. The van der Waals surface area contributed by atoms with Crippen molar-refractivity contribution in [2.75, 3.05) is 0 Å². The van der Waals surface area contributed by atoms with Crippen molar-refractivity contribution >= 4 is 23.2 Å². The second kappa shape index (κ2) is 5.89. The highest BCUT2D eigenvalue weighted by atomic mass is 35.5. The summed E-state index contributed by atoms with van der Waals surface area (Å²) in [5.74, 6) is 1.99. The Morgan fingerprint density at radius 1 is 0.957 bits per heavy atom. The summed E-state index contributed by atoms with van der Waals surface area (Å²) >= 11 is 11.8. The maximum absolute atomic E-state index is 5.96. The summed E-state index contributed by atoms with van der Waals surface area (Å²) in [6.45, 7) is 6.75. The molecule has 0 heterocycles. The van der Waals surface area contributed by atoms with Gasteiger partial charge in [0.25, 0.3) is 0 Å². The molecule has 0 aliphatic heterocycles. The van der Waals surface area contributed by atoms with Crippen LogP contribution in [0, 0.1) is 11.3 Å². The fraction of sp³-hybridized carbons (Fsp3) is 0.300. The van der Waals surface area contributed by atoms with E-state index in [-0.39, 0.29) is 10.8 Å². The molecule has 0 radical (unpaired) electrons. The van der Waals surface area contributed by atoms with Crippen molar-refractivity contribution in [1.29, 1.82) is 0 Å². The molecule has 2 aromatic carbocycles. The van der Waals surface area contributed by atoms with Gasteiger partial charge in [-0.1, -0.05) is 74.3 Å². The number of hydrogen-bond donors (Lipinski definition) is 0. The Morgan fingerprint density at radius 2 is 1.61 bits per heavy atom. The largest absolute Gasteiger partial charge is 0.457 e. The van der Waals surface area contributed by atoms with E-state index in [0.29, 0.717) is 10.4 Å². The zero-order valence-corrected chi connectivity index (χ0v) is 15.0. The summed E-state index contributed by atoms with van der Waals surface area (Å²) in [5, 5.41) is 0. The van der Waals surface area contributed by atoms with Gasteiger partial charge < -0.3 is 4.74 Å². The van der Waals surface area contributed by atoms with E-state index >= 15 is 0 Å². The lowest BCUT2D eigenvalue weighted by molar-refractivity contribution is 0.477. The van der Waals surface area contributed by atoms with Gasteiger partial charge in [-0.2, -0.15) is 0 Å². The minimum Gasteiger partial charge on any atom is -0.457 e. The molecule has 2 atom stereocenters. The van der Waals surface area contributed by atoms with Crippen LogP contribution >= 0.6 is 23.2 Å². The molecule has 120 valence electrons. The molecule has 1 aliphatic rings. The number of ether oxygens (including phenoxy) is 1. The van der Waals surface area contributed by atoms with Gasteiger partial charge in [-0.3, -0.25) is 0 Å². The Hall–Kier alpha value is -1.44. The van der Waals surface area contributed by atoms with E-state index in [9.17, 15) is 0 Å². The Labute approximate surface area is 147 Å². The quantitative estimate of drug-likeness (QED) is 0.597. The summed E-state index contributed by atoms with van der Waals surface area (Å²) in [7, 11) is 0. The minimum absolute atomic E-state index is 0.00190. The smallest absolute Gasteiger partial charge is 0.127 e. The zero-order valence-electron chi connectivity index (χ0n) is 13.5. The van der Waals surface area contributed by atoms with Crippen molar-refractivity contribution in [3.05, 3.63) is 70.7 Å². The molecular weight excluding hydrogens is 327 g/mol. The van der Waals surface area contributed by atoms with Crippen LogP contribution in [-0.2, 0) is 5.41 Å². The predicted molar refractivity (Wildman–Crippen MR) is 97.4 cm³/mol. The molecule has 3 rings (SSSR count). The molecule has 1 aliphatic carbocycles. The highest BCUT2D eigenvalue weighted by Crippen LogP contribution is 2.70. The third-order valence-electron chi connectivity index (χ3n) is 5.36. The fourth-order valence-corrected chi connectivity index (χ4v) is 3.84. The molecule has 1 saturated carbocycles. The highest BCUT2D eigenvalue weighted by Gasteiger charge is 2.67. The van der Waals surface area contributed by atoms with Gasteiger partial charge in [0.15, 0.2) is 0 Å². The van der Waals surface area contributed by atoms with Gasteiger partial charge in [-0.05, 0) is 47.2 Å². The van der Waals surface area contributed by atoms with Gasteiger partial charge >= 0.3 is 0 Å². The SMILES string of the molecule is CC1(C)C(C=C(Cl)Cl)C1(C)c1cccc(Oc2ccccc2)c1. The molecule has 0 N–H and O–H groups in total. The van der Waals surface area contributed by atoms with Crippen LogP contribution in [0.4, 0.5) is 0 Å². The van der Waals surface area contributed by atoms with E-state index in [0.717, 1.165) is 11.5 Å². The first-order valence-corrected chi connectivity index (χ1v) is 8.47. The van der Waals surface area contributed by atoms with Crippen molar-refractivity contribution in [3.63, 3.8) is 0 Å². The van der Waals surface area contributed by atoms with E-state index in [1.807, 2.05) is 48.5 Å². The van der Waals surface area contributed by atoms with Crippen molar-refractivity contribution < 1.29 is 4.74 Å². The maximum atomic E-state index is 5.96. The van der Waals surface area contributed by atoms with E-state index < -0.39 is 0 Å². The average molecular weight is 347 g/mol. The molecule has 3 heteroatoms. The molecule has 1 nitrogen and oxygen atoms in total. The Bertz CT molecular complexity index is 732. The first-order valence-electron chi connectivity index (χ1n) is 7.72. The average Bonchev–Trinajstić information content (AvgIpc) is 2.94. The van der Waals surface area contributed by atoms with Gasteiger partial charge in [-0.15, -0.1) is 0 Å². The van der Waals surface area contributed by atoms with Crippen molar-refractivity contribution in [2.45, 2.75) is 26.2 Å². The Morgan fingerprint density at radius 3 is 2.26 bits per heavy atom. The van der Waals surface area contributed by atoms with Crippen LogP contribution in [-0.4, -0.2) is 0 Å². The third-order valence-corrected chi connectivity index (χ3v) is 5.61. The van der Waals surface area contributed by atoms with Crippen molar-refractivity contribution in [3.8, 4) is 11.5 Å². The van der Waals surface area contributed by atoms with E-state index in [2.05, 4.69) is 32.9 Å². The first kappa shape index (κ1) is 16.4. The summed E-state index contributed by atoms with van der Waals surface area (Å²) in [6, 6.07) is 18.1. The lowest BCUT2D eigenvalue weighted by Crippen LogP contribution is -2.09. The molecule has 1 fully saturated rings. The topological polar surface area (TPSA) is 9.23 Å². The molecule has 2 aromatic rings. The predicted octanol–water partition coefficient (Wildman–Crippen LogP) is 6.71. The molecule has 0 spiro atoms. The van der Waals surface area contributed by atoms with Gasteiger partial charge in [0.05, 0.1) is 0 Å². The fourth-order valence-electron chi connectivity index (χ4n) is 3.59. The number of rotatable bonds is 4. The third kappa shape index (κ3) is 2.88. The lowest BCUT2D eigenvalue weighted by Gasteiger charge is -2.16. The molecule has 0 saturated heterocycles. The van der Waals surface area contributed by atoms with Crippen LogP contribution in [0.2, 0.25) is 0 Å². The van der Waals surface area contributed by atoms with Crippen LogP contribution in [0.15, 0.2) is 65.2 Å². The standard InChI is InChI=1S/C20H20Cl2O/c1-19(2)17(13-18(21)22)20(19,3)14-8-7-11-16(12-14)23-15-9-5-4-6-10-15/h4-13,17H,1-3H3. The van der Waals surface area contributed by atoms with Crippen molar-refractivity contribution in [2.24, 2.45) is 11.3 Å². The van der Waals surface area contributed by atoms with Gasteiger partial charge in [0.1, 0.15) is 16.0 Å². The molecule has 23 heavy (non-hydrogen) atoms. The second-order valence-electron chi connectivity index (χ2n) is 6.80. The number of halogens is 2. The van der Waals surface area contributed by atoms with Gasteiger partial charge in [0, 0.05) is 5.41 Å². The van der Waals surface area contributed by atoms with Crippen LogP contribution in [0.3, 0.4) is 0 Å². The van der Waals surface area contributed by atoms with Crippen LogP contribution < -0.4 is 4.74 Å². The highest BCUT2D eigenvalue weighted by molar-refractivity contribution is 6.55. The van der Waals surface area contributed by atoms with Crippen LogP contribution in [0.1, 0.15) is 26.3 Å². The number of benzene rings is 2. The number of hydrogen-bond acceptors (Lipinski definition) is 1. The van der Waals surface area contributed by atoms with E-state index in [1.54, 1.807) is 0 Å². The van der Waals surface area contributed by atoms with Gasteiger partial charge in [-0.25, -0.2) is 0 Å². The summed E-state index contributed by atoms with van der Waals surface area (Å²) in [5.41, 5.74) is 1.35. The Kier molecular flexibility index (Phi) is 4.20.